The molecule has 226 valence electrons. The fourth-order valence-corrected chi connectivity index (χ4v) is 6.13. The lowest BCUT2D eigenvalue weighted by Crippen LogP contribution is -2.48. The Hall–Kier alpha value is -4.22. The number of rotatable bonds is 12. The van der Waals surface area contributed by atoms with Gasteiger partial charge in [-0.3, -0.25) is 10.6 Å². The van der Waals surface area contributed by atoms with Gasteiger partial charge in [0.1, 0.15) is 0 Å². The highest BCUT2D eigenvalue weighted by molar-refractivity contribution is 5.93. The normalized spacial score (nSPS) is 17.7. The van der Waals surface area contributed by atoms with Gasteiger partial charge in [0.05, 0.1) is 23.5 Å². The summed E-state index contributed by atoms with van der Waals surface area (Å²) in [7, 11) is 0. The zero-order valence-electron chi connectivity index (χ0n) is 26.1. The average molecular weight is 583 g/mol. The summed E-state index contributed by atoms with van der Waals surface area (Å²) >= 11 is 0. The van der Waals surface area contributed by atoms with Crippen LogP contribution in [0.5, 0.6) is 0 Å². The van der Waals surface area contributed by atoms with Gasteiger partial charge in [-0.2, -0.15) is 0 Å². The van der Waals surface area contributed by atoms with Crippen molar-refractivity contribution in [2.75, 3.05) is 0 Å². The van der Waals surface area contributed by atoms with E-state index in [9.17, 15) is 0 Å². The topological polar surface area (TPSA) is 55.0 Å². The number of benzene rings is 2. The molecule has 0 bridgehead atoms. The summed E-state index contributed by atoms with van der Waals surface area (Å²) in [5.74, 6) is 0. The van der Waals surface area contributed by atoms with E-state index in [4.69, 9.17) is 5.73 Å². The second-order valence-electron chi connectivity index (χ2n) is 11.5. The van der Waals surface area contributed by atoms with E-state index in [0.29, 0.717) is 0 Å². The molecule has 0 amide bonds. The quantitative estimate of drug-likeness (QED) is 0.114. The van der Waals surface area contributed by atoms with E-state index in [1.165, 1.54) is 33.4 Å². The van der Waals surface area contributed by atoms with Crippen LogP contribution in [0.1, 0.15) is 62.5 Å². The number of hydrogen-bond acceptors (Lipinski definition) is 3. The third-order valence-corrected chi connectivity index (χ3v) is 8.40. The van der Waals surface area contributed by atoms with Crippen LogP contribution in [0.4, 0.5) is 0 Å². The SMILES string of the molecule is C=C/C=C\C=C\C(NC(C)C/C=C\C(=C/C)n1c2c(c3ccccc31)CC1=C(C=C2)CC=CCC1)NC(N)c1ccccc1. The zero-order chi connectivity index (χ0) is 30.7. The van der Waals surface area contributed by atoms with Gasteiger partial charge in [-0.15, -0.1) is 0 Å². The molecule has 44 heavy (non-hydrogen) atoms. The first-order valence-corrected chi connectivity index (χ1v) is 15.9. The lowest BCUT2D eigenvalue weighted by atomic mass is 9.96. The first kappa shape index (κ1) is 31.2. The number of fused-ring (bicyclic) bond motifs is 3. The number of nitrogens with one attached hydrogen (secondary N) is 2. The highest BCUT2D eigenvalue weighted by Gasteiger charge is 2.21. The monoisotopic (exact) mass is 582 g/mol. The van der Waals surface area contributed by atoms with E-state index in [1.807, 2.05) is 48.6 Å². The minimum atomic E-state index is -0.287. The Kier molecular flexibility index (Phi) is 11.0. The minimum Gasteiger partial charge on any atom is -0.312 e. The molecule has 0 radical (unpaired) electrons. The molecular weight excluding hydrogens is 536 g/mol. The van der Waals surface area contributed by atoms with Crippen LogP contribution >= 0.6 is 0 Å². The van der Waals surface area contributed by atoms with Crippen molar-refractivity contribution in [1.82, 2.24) is 15.2 Å². The highest BCUT2D eigenvalue weighted by atomic mass is 15.2. The molecule has 1 heterocycles. The minimum absolute atomic E-state index is 0.101. The van der Waals surface area contributed by atoms with Crippen LogP contribution in [0.2, 0.25) is 0 Å². The summed E-state index contributed by atoms with van der Waals surface area (Å²) in [4.78, 5) is 0. The molecule has 4 N–H and O–H groups in total. The van der Waals surface area contributed by atoms with E-state index in [0.717, 1.165) is 37.7 Å². The van der Waals surface area contributed by atoms with Crippen molar-refractivity contribution < 1.29 is 0 Å². The number of para-hydroxylation sites is 1. The van der Waals surface area contributed by atoms with Crippen LogP contribution in [0.25, 0.3) is 22.7 Å². The van der Waals surface area contributed by atoms with Crippen molar-refractivity contribution in [1.29, 1.82) is 0 Å². The molecule has 0 saturated carbocycles. The predicted octanol–water partition coefficient (Wildman–Crippen LogP) is 8.90. The van der Waals surface area contributed by atoms with Gasteiger partial charge in [0.15, 0.2) is 0 Å². The number of allylic oxidation sites excluding steroid dienone is 12. The van der Waals surface area contributed by atoms with Crippen LogP contribution < -0.4 is 16.4 Å². The van der Waals surface area contributed by atoms with Gasteiger partial charge in [0, 0.05) is 17.1 Å². The van der Waals surface area contributed by atoms with E-state index in [2.05, 4.69) is 109 Å². The Morgan fingerprint density at radius 1 is 1.00 bits per heavy atom. The standard InChI is InChI=1S/C40H46N4/c1-4-6-7-14-26-39(43-40(41)32-20-11-9-12-21-32)42-30(3)18-17-23-34(5-2)44-37-25-16-15-24-35(37)36-29-33-22-13-8-10-19-31(33)27-28-38(36)44/h4-12,14-17,20-21,23-28,30,39-40,42-43H,1,13,18-19,22,29,41H2,2-3H3/b7-6-,23-17-,26-14+,34-5+. The molecule has 0 fully saturated rings. The number of nitrogens with zero attached hydrogens (tertiary/aromatic N) is 1. The van der Waals surface area contributed by atoms with Gasteiger partial charge in [0.25, 0.3) is 0 Å². The molecule has 4 heteroatoms. The zero-order valence-corrected chi connectivity index (χ0v) is 26.1. The third kappa shape index (κ3) is 7.64. The Labute approximate surface area is 263 Å². The second-order valence-corrected chi connectivity index (χ2v) is 11.5. The van der Waals surface area contributed by atoms with Gasteiger partial charge in [-0.05, 0) is 80.9 Å². The number of nitrogens with two attached hydrogens (primary N) is 1. The van der Waals surface area contributed by atoms with Gasteiger partial charge in [-0.25, -0.2) is 0 Å². The summed E-state index contributed by atoms with van der Waals surface area (Å²) in [6.07, 6.45) is 30.7. The van der Waals surface area contributed by atoms with E-state index in [-0.39, 0.29) is 18.4 Å². The summed E-state index contributed by atoms with van der Waals surface area (Å²) in [5, 5.41) is 8.58. The summed E-state index contributed by atoms with van der Waals surface area (Å²) in [5.41, 5.74) is 15.8. The summed E-state index contributed by atoms with van der Waals surface area (Å²) in [6.45, 7) is 8.10. The van der Waals surface area contributed by atoms with Gasteiger partial charge >= 0.3 is 0 Å². The maximum atomic E-state index is 6.52. The molecule has 4 nitrogen and oxygen atoms in total. The fourth-order valence-electron chi connectivity index (χ4n) is 6.13. The molecule has 3 unspecified atom stereocenters. The summed E-state index contributed by atoms with van der Waals surface area (Å²) < 4.78 is 2.44. The highest BCUT2D eigenvalue weighted by Crippen LogP contribution is 2.37. The fraction of sp³-hybridized carbons (Fsp3) is 0.250. The molecule has 1 aromatic heterocycles. The predicted molar refractivity (Wildman–Crippen MR) is 190 cm³/mol. The molecule has 5 rings (SSSR count). The van der Waals surface area contributed by atoms with Gasteiger partial charge in [0.2, 0.25) is 0 Å². The first-order valence-electron chi connectivity index (χ1n) is 15.9. The lowest BCUT2D eigenvalue weighted by molar-refractivity contribution is 0.395. The van der Waals surface area contributed by atoms with Gasteiger partial charge < -0.3 is 10.3 Å². The van der Waals surface area contributed by atoms with Crippen LogP contribution in [0.15, 0.2) is 139 Å². The smallest absolute Gasteiger partial charge is 0.0824 e. The van der Waals surface area contributed by atoms with Crippen molar-refractivity contribution in [3.8, 4) is 0 Å². The van der Waals surface area contributed by atoms with Crippen molar-refractivity contribution in [3.63, 3.8) is 0 Å². The Morgan fingerprint density at radius 2 is 1.82 bits per heavy atom. The van der Waals surface area contributed by atoms with Crippen molar-refractivity contribution >= 4 is 22.7 Å². The molecule has 0 aliphatic heterocycles. The van der Waals surface area contributed by atoms with Crippen LogP contribution in [-0.4, -0.2) is 16.8 Å². The molecule has 0 spiro atoms. The lowest BCUT2D eigenvalue weighted by Gasteiger charge is -2.25. The first-order chi connectivity index (χ1) is 21.6. The molecule has 2 aliphatic carbocycles. The van der Waals surface area contributed by atoms with Crippen molar-refractivity contribution in [2.24, 2.45) is 5.73 Å². The van der Waals surface area contributed by atoms with E-state index < -0.39 is 0 Å². The molecule has 2 aliphatic rings. The average Bonchev–Trinajstić information content (AvgIpc) is 3.16. The Bertz CT molecular complexity index is 1640. The van der Waals surface area contributed by atoms with Crippen LogP contribution in [0.3, 0.4) is 0 Å². The van der Waals surface area contributed by atoms with Crippen molar-refractivity contribution in [3.05, 3.63) is 156 Å². The van der Waals surface area contributed by atoms with E-state index >= 15 is 0 Å². The molecule has 2 aromatic carbocycles. The maximum absolute atomic E-state index is 6.52. The number of hydrogen-bond donors (Lipinski definition) is 3. The largest absolute Gasteiger partial charge is 0.312 e. The molecule has 0 saturated heterocycles. The van der Waals surface area contributed by atoms with Crippen LogP contribution in [-0.2, 0) is 6.42 Å². The Balaban J connectivity index is 1.33. The Morgan fingerprint density at radius 3 is 2.64 bits per heavy atom. The van der Waals surface area contributed by atoms with Crippen molar-refractivity contribution in [2.45, 2.75) is 64.3 Å². The van der Waals surface area contributed by atoms with Crippen LogP contribution in [0, 0.1) is 0 Å². The molecule has 3 aromatic rings. The second kappa shape index (κ2) is 15.5. The summed E-state index contributed by atoms with van der Waals surface area (Å²) in [6, 6.07) is 19.2. The third-order valence-electron chi connectivity index (χ3n) is 8.40. The van der Waals surface area contributed by atoms with E-state index in [1.54, 1.807) is 11.6 Å². The maximum Gasteiger partial charge on any atom is 0.0824 e. The molecule has 3 atom stereocenters. The number of aromatic nitrogens is 1. The van der Waals surface area contributed by atoms with Gasteiger partial charge in [-0.1, -0.05) is 121 Å². The molecular formula is C40H46N4.